The van der Waals surface area contributed by atoms with Gasteiger partial charge >= 0.3 is 5.97 Å². The van der Waals surface area contributed by atoms with E-state index in [1.165, 1.54) is 12.1 Å². The van der Waals surface area contributed by atoms with E-state index in [0.29, 0.717) is 12.4 Å². The fraction of sp³-hybridized carbons (Fsp3) is 0.278. The highest BCUT2D eigenvalue weighted by Crippen LogP contribution is 2.14. The summed E-state index contributed by atoms with van der Waals surface area (Å²) < 4.78 is 5.60. The second-order valence-corrected chi connectivity index (χ2v) is 5.44. The van der Waals surface area contributed by atoms with Gasteiger partial charge in [0.1, 0.15) is 11.5 Å². The second kappa shape index (κ2) is 8.19. The first-order valence-corrected chi connectivity index (χ1v) is 7.47. The molecule has 2 N–H and O–H groups in total. The number of hydrogen-bond donors (Lipinski definition) is 2. The van der Waals surface area contributed by atoms with Crippen molar-refractivity contribution in [3.8, 4) is 11.5 Å². The van der Waals surface area contributed by atoms with E-state index in [2.05, 4.69) is 4.90 Å². The SMILES string of the molecule is CN(CCCOc1ccc(C(=O)O)cc1)Cc1cccc(O)c1. The summed E-state index contributed by atoms with van der Waals surface area (Å²) in [5.74, 6) is 0.0137. The molecule has 0 saturated heterocycles. The monoisotopic (exact) mass is 315 g/mol. The molecular weight excluding hydrogens is 294 g/mol. The van der Waals surface area contributed by atoms with Crippen LogP contribution in [-0.2, 0) is 6.54 Å². The van der Waals surface area contributed by atoms with Crippen LogP contribution in [0.5, 0.6) is 11.5 Å². The van der Waals surface area contributed by atoms with Gasteiger partial charge < -0.3 is 19.8 Å². The number of aromatic carboxylic acids is 1. The lowest BCUT2D eigenvalue weighted by Crippen LogP contribution is -2.20. The molecule has 0 amide bonds. The first-order chi connectivity index (χ1) is 11.0. The van der Waals surface area contributed by atoms with Gasteiger partial charge in [0.2, 0.25) is 0 Å². The minimum Gasteiger partial charge on any atom is -0.508 e. The van der Waals surface area contributed by atoms with Crippen LogP contribution in [0.3, 0.4) is 0 Å². The van der Waals surface area contributed by atoms with Crippen LogP contribution < -0.4 is 4.74 Å². The van der Waals surface area contributed by atoms with Crippen molar-refractivity contribution in [2.75, 3.05) is 20.2 Å². The average Bonchev–Trinajstić information content (AvgIpc) is 2.52. The van der Waals surface area contributed by atoms with Crippen LogP contribution in [0.25, 0.3) is 0 Å². The number of nitrogens with zero attached hydrogens (tertiary/aromatic N) is 1. The summed E-state index contributed by atoms with van der Waals surface area (Å²) in [7, 11) is 2.02. The van der Waals surface area contributed by atoms with Gasteiger partial charge in [-0.1, -0.05) is 12.1 Å². The van der Waals surface area contributed by atoms with E-state index in [0.717, 1.165) is 25.1 Å². The molecule has 0 aliphatic carbocycles. The smallest absolute Gasteiger partial charge is 0.335 e. The van der Waals surface area contributed by atoms with Crippen molar-refractivity contribution in [1.82, 2.24) is 4.90 Å². The predicted octanol–water partition coefficient (Wildman–Crippen LogP) is 2.99. The fourth-order valence-corrected chi connectivity index (χ4v) is 2.26. The average molecular weight is 315 g/mol. The molecule has 0 aromatic heterocycles. The van der Waals surface area contributed by atoms with Crippen LogP contribution in [0.1, 0.15) is 22.3 Å². The molecule has 2 rings (SSSR count). The number of carbonyl (C=O) groups is 1. The van der Waals surface area contributed by atoms with Crippen molar-refractivity contribution in [2.24, 2.45) is 0 Å². The lowest BCUT2D eigenvalue weighted by Gasteiger charge is -2.17. The molecule has 0 spiro atoms. The zero-order valence-electron chi connectivity index (χ0n) is 13.1. The van der Waals surface area contributed by atoms with Crippen molar-refractivity contribution >= 4 is 5.97 Å². The second-order valence-electron chi connectivity index (χ2n) is 5.44. The largest absolute Gasteiger partial charge is 0.508 e. The molecule has 23 heavy (non-hydrogen) atoms. The van der Waals surface area contributed by atoms with Gasteiger partial charge in [-0.3, -0.25) is 0 Å². The van der Waals surface area contributed by atoms with Gasteiger partial charge in [-0.25, -0.2) is 4.79 Å². The van der Waals surface area contributed by atoms with E-state index in [9.17, 15) is 9.90 Å². The highest BCUT2D eigenvalue weighted by atomic mass is 16.5. The standard InChI is InChI=1S/C18H21NO4/c1-19(13-14-4-2-5-16(20)12-14)10-3-11-23-17-8-6-15(7-9-17)18(21)22/h2,4-9,12,20H,3,10-11,13H2,1H3,(H,21,22). The van der Waals surface area contributed by atoms with Crippen molar-refractivity contribution < 1.29 is 19.7 Å². The quantitative estimate of drug-likeness (QED) is 0.733. The Hall–Kier alpha value is -2.53. The highest BCUT2D eigenvalue weighted by Gasteiger charge is 2.03. The predicted molar refractivity (Wildman–Crippen MR) is 88.0 cm³/mol. The maximum absolute atomic E-state index is 10.8. The van der Waals surface area contributed by atoms with E-state index < -0.39 is 5.97 Å². The van der Waals surface area contributed by atoms with Gasteiger partial charge in [-0.05, 0) is 55.4 Å². The van der Waals surface area contributed by atoms with Gasteiger partial charge in [-0.15, -0.1) is 0 Å². The maximum Gasteiger partial charge on any atom is 0.335 e. The van der Waals surface area contributed by atoms with Crippen molar-refractivity contribution in [2.45, 2.75) is 13.0 Å². The number of aromatic hydroxyl groups is 1. The van der Waals surface area contributed by atoms with E-state index in [-0.39, 0.29) is 11.3 Å². The molecule has 0 saturated carbocycles. The summed E-state index contributed by atoms with van der Waals surface area (Å²) in [6.45, 7) is 2.20. The van der Waals surface area contributed by atoms with E-state index >= 15 is 0 Å². The van der Waals surface area contributed by atoms with Gasteiger partial charge in [0.05, 0.1) is 12.2 Å². The number of benzene rings is 2. The molecule has 0 unspecified atom stereocenters. The molecule has 0 radical (unpaired) electrons. The van der Waals surface area contributed by atoms with Crippen LogP contribution in [0, 0.1) is 0 Å². The summed E-state index contributed by atoms with van der Waals surface area (Å²) in [5.41, 5.74) is 1.32. The number of phenols is 1. The third-order valence-corrected chi connectivity index (χ3v) is 3.42. The van der Waals surface area contributed by atoms with E-state index in [1.807, 2.05) is 19.2 Å². The maximum atomic E-state index is 10.8. The van der Waals surface area contributed by atoms with Crippen LogP contribution in [0.4, 0.5) is 0 Å². The van der Waals surface area contributed by atoms with Crippen molar-refractivity contribution in [3.05, 3.63) is 59.7 Å². The molecule has 0 aliphatic rings. The van der Waals surface area contributed by atoms with Gasteiger partial charge in [-0.2, -0.15) is 0 Å². The Morgan fingerprint density at radius 2 is 1.91 bits per heavy atom. The Kier molecular flexibility index (Phi) is 6.00. The molecule has 122 valence electrons. The number of carboxylic acid groups (broad SMARTS) is 1. The Balaban J connectivity index is 1.69. The van der Waals surface area contributed by atoms with Crippen LogP contribution in [-0.4, -0.2) is 41.3 Å². The van der Waals surface area contributed by atoms with Crippen LogP contribution in [0.15, 0.2) is 48.5 Å². The zero-order chi connectivity index (χ0) is 16.7. The summed E-state index contributed by atoms with van der Waals surface area (Å²) in [4.78, 5) is 12.9. The summed E-state index contributed by atoms with van der Waals surface area (Å²) in [6, 6.07) is 13.6. The van der Waals surface area contributed by atoms with Gasteiger partial charge in [0.25, 0.3) is 0 Å². The summed E-state index contributed by atoms with van der Waals surface area (Å²) in [6.07, 6.45) is 0.857. The minimum atomic E-state index is -0.940. The Morgan fingerprint density at radius 1 is 1.17 bits per heavy atom. The summed E-state index contributed by atoms with van der Waals surface area (Å²) in [5, 5.41) is 18.3. The minimum absolute atomic E-state index is 0.253. The molecule has 0 atom stereocenters. The number of hydrogen-bond acceptors (Lipinski definition) is 4. The van der Waals surface area contributed by atoms with E-state index in [1.54, 1.807) is 24.3 Å². The Morgan fingerprint density at radius 3 is 2.57 bits per heavy atom. The first-order valence-electron chi connectivity index (χ1n) is 7.47. The summed E-state index contributed by atoms with van der Waals surface area (Å²) >= 11 is 0. The molecular formula is C18H21NO4. The molecule has 2 aromatic carbocycles. The zero-order valence-corrected chi connectivity index (χ0v) is 13.1. The molecule has 0 bridgehead atoms. The normalized spacial score (nSPS) is 10.7. The first kappa shape index (κ1) is 16.8. The van der Waals surface area contributed by atoms with Crippen LogP contribution >= 0.6 is 0 Å². The highest BCUT2D eigenvalue weighted by molar-refractivity contribution is 5.87. The Labute approximate surface area is 135 Å². The van der Waals surface area contributed by atoms with Crippen molar-refractivity contribution in [1.29, 1.82) is 0 Å². The third-order valence-electron chi connectivity index (χ3n) is 3.42. The number of phenolic OH excluding ortho intramolecular Hbond substituents is 1. The lowest BCUT2D eigenvalue weighted by molar-refractivity contribution is 0.0697. The van der Waals surface area contributed by atoms with Crippen molar-refractivity contribution in [3.63, 3.8) is 0 Å². The van der Waals surface area contributed by atoms with Gasteiger partial charge in [0, 0.05) is 13.1 Å². The number of carboxylic acids is 1. The third kappa shape index (κ3) is 5.64. The van der Waals surface area contributed by atoms with Gasteiger partial charge in [0.15, 0.2) is 0 Å². The van der Waals surface area contributed by atoms with E-state index in [4.69, 9.17) is 9.84 Å². The Bertz CT molecular complexity index is 640. The van der Waals surface area contributed by atoms with Crippen LogP contribution in [0.2, 0.25) is 0 Å². The molecule has 2 aromatic rings. The number of ether oxygens (including phenoxy) is 1. The lowest BCUT2D eigenvalue weighted by atomic mass is 10.2. The molecule has 5 heteroatoms. The molecule has 0 aliphatic heterocycles. The fourth-order valence-electron chi connectivity index (χ4n) is 2.26. The molecule has 5 nitrogen and oxygen atoms in total. The molecule has 0 fully saturated rings. The molecule has 0 heterocycles. The topological polar surface area (TPSA) is 70.0 Å². The number of rotatable bonds is 8.